The number of hydrogen-bond donors (Lipinski definition) is 1. The highest BCUT2D eigenvalue weighted by molar-refractivity contribution is 7.92. The topological polar surface area (TPSA) is 103 Å². The summed E-state index contributed by atoms with van der Waals surface area (Å²) in [6.07, 6.45) is 0. The Bertz CT molecular complexity index is 1640. The van der Waals surface area contributed by atoms with Crippen molar-refractivity contribution in [2.24, 2.45) is 0 Å². The molecular weight excluding hydrogens is 556 g/mol. The van der Waals surface area contributed by atoms with Gasteiger partial charge in [0, 0.05) is 12.1 Å². The molecule has 0 saturated heterocycles. The molecular formula is C32H34N2O7S. The second-order valence-corrected chi connectivity index (χ2v) is 11.2. The third-order valence-electron chi connectivity index (χ3n) is 6.82. The number of benzene rings is 4. The van der Waals surface area contributed by atoms with E-state index in [2.05, 4.69) is 5.32 Å². The molecule has 0 aliphatic rings. The van der Waals surface area contributed by atoms with Crippen molar-refractivity contribution < 1.29 is 32.2 Å². The van der Waals surface area contributed by atoms with Crippen LogP contribution >= 0.6 is 0 Å². The van der Waals surface area contributed by atoms with Crippen molar-refractivity contribution in [2.75, 3.05) is 39.3 Å². The molecule has 0 saturated carbocycles. The van der Waals surface area contributed by atoms with Gasteiger partial charge in [0.05, 0.1) is 45.1 Å². The van der Waals surface area contributed by atoms with Crippen LogP contribution in [0.4, 0.5) is 5.69 Å². The molecule has 0 spiro atoms. The number of methoxy groups -OCH3 is 4. The third kappa shape index (κ3) is 6.44. The van der Waals surface area contributed by atoms with Gasteiger partial charge in [0.2, 0.25) is 5.91 Å². The number of rotatable bonds is 12. The van der Waals surface area contributed by atoms with Gasteiger partial charge in [-0.2, -0.15) is 0 Å². The maximum atomic E-state index is 14.2. The maximum Gasteiger partial charge on any atom is 0.265 e. The van der Waals surface area contributed by atoms with Gasteiger partial charge in [-0.3, -0.25) is 9.10 Å². The van der Waals surface area contributed by atoms with E-state index in [4.69, 9.17) is 18.9 Å². The first-order valence-electron chi connectivity index (χ1n) is 13.1. The number of anilines is 1. The van der Waals surface area contributed by atoms with E-state index in [-0.39, 0.29) is 22.1 Å². The van der Waals surface area contributed by atoms with Gasteiger partial charge in [0.25, 0.3) is 10.0 Å². The van der Waals surface area contributed by atoms with Crippen molar-refractivity contribution in [1.82, 2.24) is 5.32 Å². The van der Waals surface area contributed by atoms with E-state index in [9.17, 15) is 13.2 Å². The first-order chi connectivity index (χ1) is 20.2. The van der Waals surface area contributed by atoms with Crippen LogP contribution in [0, 0.1) is 6.92 Å². The Labute approximate surface area is 246 Å². The molecule has 0 aliphatic carbocycles. The predicted molar refractivity (Wildman–Crippen MR) is 161 cm³/mol. The van der Waals surface area contributed by atoms with Crippen molar-refractivity contribution in [3.63, 3.8) is 0 Å². The highest BCUT2D eigenvalue weighted by atomic mass is 32.2. The number of nitrogens with zero attached hydrogens (tertiary/aromatic N) is 1. The number of carbonyl (C=O) groups is 1. The van der Waals surface area contributed by atoms with Crippen molar-refractivity contribution in [2.45, 2.75) is 17.9 Å². The van der Waals surface area contributed by atoms with Gasteiger partial charge in [-0.1, -0.05) is 54.6 Å². The molecule has 0 aliphatic heterocycles. The summed E-state index contributed by atoms with van der Waals surface area (Å²) in [5.41, 5.74) is 2.86. The van der Waals surface area contributed by atoms with E-state index in [0.29, 0.717) is 11.5 Å². The highest BCUT2D eigenvalue weighted by Gasteiger charge is 2.32. The molecule has 0 radical (unpaired) electrons. The van der Waals surface area contributed by atoms with Gasteiger partial charge in [-0.15, -0.1) is 0 Å². The van der Waals surface area contributed by atoms with Crippen LogP contribution in [-0.2, 0) is 14.8 Å². The van der Waals surface area contributed by atoms with E-state index in [1.807, 2.05) is 61.5 Å². The van der Waals surface area contributed by atoms with Crippen LogP contribution in [-0.4, -0.2) is 49.3 Å². The fourth-order valence-electron chi connectivity index (χ4n) is 4.63. The third-order valence-corrected chi connectivity index (χ3v) is 8.58. The van der Waals surface area contributed by atoms with Crippen molar-refractivity contribution in [3.05, 3.63) is 108 Å². The Morgan fingerprint density at radius 2 is 1.40 bits per heavy atom. The van der Waals surface area contributed by atoms with E-state index < -0.39 is 28.5 Å². The number of amides is 1. The molecule has 10 heteroatoms. The molecule has 1 amide bonds. The molecule has 0 unspecified atom stereocenters. The minimum Gasteiger partial charge on any atom is -0.497 e. The lowest BCUT2D eigenvalue weighted by molar-refractivity contribution is -0.120. The average Bonchev–Trinajstić information content (AvgIpc) is 3.02. The van der Waals surface area contributed by atoms with Crippen LogP contribution in [0.3, 0.4) is 0 Å². The van der Waals surface area contributed by atoms with E-state index in [1.165, 1.54) is 52.7 Å². The Balaban J connectivity index is 1.80. The SMILES string of the molecule is COc1ccc(OC)c(N(CC(=O)N[C@H](c2ccccc2)c2ccccc2C)S(=O)(=O)c2ccc(OC)c(OC)c2)c1. The summed E-state index contributed by atoms with van der Waals surface area (Å²) in [5, 5.41) is 3.06. The molecule has 0 fully saturated rings. The smallest absolute Gasteiger partial charge is 0.265 e. The molecule has 4 aromatic rings. The number of sulfonamides is 1. The first-order valence-corrected chi connectivity index (χ1v) is 14.5. The zero-order valence-electron chi connectivity index (χ0n) is 24.2. The Morgan fingerprint density at radius 1 is 0.762 bits per heavy atom. The van der Waals surface area contributed by atoms with E-state index in [1.54, 1.807) is 12.1 Å². The molecule has 0 heterocycles. The number of carbonyl (C=O) groups excluding carboxylic acids is 1. The predicted octanol–water partition coefficient (Wildman–Crippen LogP) is 5.13. The average molecular weight is 591 g/mol. The number of aryl methyl sites for hydroxylation is 1. The van der Waals surface area contributed by atoms with Gasteiger partial charge in [0.1, 0.15) is 18.0 Å². The molecule has 42 heavy (non-hydrogen) atoms. The Kier molecular flexibility index (Phi) is 9.59. The van der Waals surface area contributed by atoms with Crippen LogP contribution in [0.15, 0.2) is 95.9 Å². The molecule has 1 N–H and O–H groups in total. The van der Waals surface area contributed by atoms with Crippen LogP contribution in [0.2, 0.25) is 0 Å². The number of nitrogens with one attached hydrogen (secondary N) is 1. The van der Waals surface area contributed by atoms with Crippen LogP contribution in [0.1, 0.15) is 22.7 Å². The Hall–Kier alpha value is -4.70. The lowest BCUT2D eigenvalue weighted by atomic mass is 9.95. The van der Waals surface area contributed by atoms with Crippen LogP contribution in [0.5, 0.6) is 23.0 Å². The summed E-state index contributed by atoms with van der Waals surface area (Å²) >= 11 is 0. The highest BCUT2D eigenvalue weighted by Crippen LogP contribution is 2.37. The number of hydrogen-bond acceptors (Lipinski definition) is 7. The summed E-state index contributed by atoms with van der Waals surface area (Å²) < 4.78 is 51.0. The van der Waals surface area contributed by atoms with Crippen molar-refractivity contribution >= 4 is 21.6 Å². The van der Waals surface area contributed by atoms with E-state index >= 15 is 0 Å². The monoisotopic (exact) mass is 590 g/mol. The van der Waals surface area contributed by atoms with Crippen molar-refractivity contribution in [1.29, 1.82) is 0 Å². The van der Waals surface area contributed by atoms with Gasteiger partial charge in [-0.05, 0) is 47.9 Å². The zero-order valence-corrected chi connectivity index (χ0v) is 25.0. The van der Waals surface area contributed by atoms with Gasteiger partial charge in [-0.25, -0.2) is 8.42 Å². The van der Waals surface area contributed by atoms with Gasteiger partial charge >= 0.3 is 0 Å². The quantitative estimate of drug-likeness (QED) is 0.244. The fraction of sp³-hybridized carbons (Fsp3) is 0.219. The molecule has 0 bridgehead atoms. The summed E-state index contributed by atoms with van der Waals surface area (Å²) in [6.45, 7) is 1.42. The van der Waals surface area contributed by atoms with Gasteiger partial charge in [0.15, 0.2) is 11.5 Å². The second kappa shape index (κ2) is 13.3. The second-order valence-electron chi connectivity index (χ2n) is 9.33. The summed E-state index contributed by atoms with van der Waals surface area (Å²) in [6, 6.07) is 25.7. The molecule has 4 aromatic carbocycles. The summed E-state index contributed by atoms with van der Waals surface area (Å²) in [5.74, 6) is 0.695. The normalized spacial score (nSPS) is 11.7. The van der Waals surface area contributed by atoms with Crippen LogP contribution < -0.4 is 28.6 Å². The van der Waals surface area contributed by atoms with Crippen LogP contribution in [0.25, 0.3) is 0 Å². The number of ether oxygens (including phenoxy) is 4. The van der Waals surface area contributed by atoms with Crippen molar-refractivity contribution in [3.8, 4) is 23.0 Å². The van der Waals surface area contributed by atoms with Gasteiger partial charge < -0.3 is 24.3 Å². The molecule has 220 valence electrons. The summed E-state index contributed by atoms with van der Waals surface area (Å²) in [4.78, 5) is 13.7. The minimum atomic E-state index is -4.34. The van der Waals surface area contributed by atoms with E-state index in [0.717, 1.165) is 21.0 Å². The molecule has 1 atom stereocenters. The standard InChI is InChI=1S/C32H34N2O7S/c1-22-11-9-10-14-26(22)32(23-12-7-6-8-13-23)33-31(35)21-34(27-19-24(38-2)15-17-28(27)39-3)42(36,37)25-16-18-29(40-4)30(20-25)41-5/h6-20,32H,21H2,1-5H3,(H,33,35)/t32-/m1/s1. The zero-order chi connectivity index (χ0) is 30.3. The molecule has 4 rings (SSSR count). The molecule has 9 nitrogen and oxygen atoms in total. The first kappa shape index (κ1) is 30.3. The largest absolute Gasteiger partial charge is 0.497 e. The maximum absolute atomic E-state index is 14.2. The lowest BCUT2D eigenvalue weighted by Crippen LogP contribution is -2.42. The summed E-state index contributed by atoms with van der Waals surface area (Å²) in [7, 11) is 1.44. The Morgan fingerprint density at radius 3 is 2.05 bits per heavy atom. The lowest BCUT2D eigenvalue weighted by Gasteiger charge is -2.28. The fourth-order valence-corrected chi connectivity index (χ4v) is 6.07. The molecule has 0 aromatic heterocycles. The minimum absolute atomic E-state index is 0.101.